The van der Waals surface area contributed by atoms with E-state index in [0.29, 0.717) is 6.61 Å². The average Bonchev–Trinajstić information content (AvgIpc) is 2.02. The van der Waals surface area contributed by atoms with Crippen molar-refractivity contribution in [3.63, 3.8) is 0 Å². The minimum absolute atomic E-state index is 0.00407. The Hall–Kier alpha value is 0.270. The molecule has 0 heterocycles. The molecule has 0 aromatic rings. The van der Waals surface area contributed by atoms with Crippen molar-refractivity contribution in [2.75, 3.05) is 13.2 Å². The van der Waals surface area contributed by atoms with E-state index >= 15 is 0 Å². The third-order valence-corrected chi connectivity index (χ3v) is 2.47. The first kappa shape index (κ1) is 13.3. The average molecular weight is 206 g/mol. The van der Waals surface area contributed by atoms with Gasteiger partial charge in [0, 0.05) is 11.4 Å². The molecule has 0 spiro atoms. The predicted octanol–water partition coefficient (Wildman–Crippen LogP) is 2.26. The van der Waals surface area contributed by atoms with E-state index in [1.807, 2.05) is 13.8 Å². The minimum atomic E-state index is -0.376. The monoisotopic (exact) mass is 206 g/mol. The van der Waals surface area contributed by atoms with Crippen LogP contribution < -0.4 is 0 Å². The molecular formula is C10H22O2S. The summed E-state index contributed by atoms with van der Waals surface area (Å²) >= 11 is 4.40. The van der Waals surface area contributed by atoms with Gasteiger partial charge >= 0.3 is 0 Å². The fraction of sp³-hybridized carbons (Fsp3) is 1.00. The summed E-state index contributed by atoms with van der Waals surface area (Å²) in [7, 11) is 0. The van der Waals surface area contributed by atoms with Gasteiger partial charge in [-0.1, -0.05) is 20.8 Å². The third kappa shape index (κ3) is 6.36. The molecule has 0 amide bonds. The topological polar surface area (TPSA) is 29.5 Å². The van der Waals surface area contributed by atoms with Crippen LogP contribution in [0.25, 0.3) is 0 Å². The molecule has 13 heavy (non-hydrogen) atoms. The number of thiol groups is 1. The van der Waals surface area contributed by atoms with Crippen molar-refractivity contribution in [3.05, 3.63) is 0 Å². The summed E-state index contributed by atoms with van der Waals surface area (Å²) in [5.41, 5.74) is -0.376. The Bertz CT molecular complexity index is 136. The van der Waals surface area contributed by atoms with Crippen molar-refractivity contribution in [3.8, 4) is 0 Å². The third-order valence-electron chi connectivity index (χ3n) is 2.25. The molecule has 0 fully saturated rings. The zero-order chi connectivity index (χ0) is 10.5. The first-order valence-electron chi connectivity index (χ1n) is 4.80. The fourth-order valence-corrected chi connectivity index (χ4v) is 0.898. The van der Waals surface area contributed by atoms with Crippen LogP contribution in [0.1, 0.15) is 40.5 Å². The zero-order valence-corrected chi connectivity index (χ0v) is 10.0. The molecule has 1 atom stereocenters. The lowest BCUT2D eigenvalue weighted by atomic mass is 10.0. The van der Waals surface area contributed by atoms with Crippen LogP contribution in [0.3, 0.4) is 0 Å². The Balaban J connectivity index is 3.74. The summed E-state index contributed by atoms with van der Waals surface area (Å²) in [5, 5.41) is 9.07. The molecule has 3 heteroatoms. The minimum Gasteiger partial charge on any atom is -0.393 e. The van der Waals surface area contributed by atoms with E-state index < -0.39 is 0 Å². The number of hydrogen-bond donors (Lipinski definition) is 2. The lowest BCUT2D eigenvalue weighted by Gasteiger charge is -2.28. The standard InChI is InChI=1S/C10H22O2S/c1-5-10(4,8-11)12-7-6-9(2,3)13/h11,13H,5-8H2,1-4H3. The van der Waals surface area contributed by atoms with Gasteiger partial charge in [-0.25, -0.2) is 0 Å². The van der Waals surface area contributed by atoms with Crippen LogP contribution in [0.5, 0.6) is 0 Å². The normalized spacial score (nSPS) is 17.1. The Morgan fingerprint density at radius 2 is 1.85 bits per heavy atom. The Morgan fingerprint density at radius 1 is 1.31 bits per heavy atom. The van der Waals surface area contributed by atoms with Crippen molar-refractivity contribution < 1.29 is 9.84 Å². The molecule has 1 unspecified atom stereocenters. The van der Waals surface area contributed by atoms with Crippen LogP contribution in [-0.4, -0.2) is 28.7 Å². The van der Waals surface area contributed by atoms with E-state index in [9.17, 15) is 0 Å². The lowest BCUT2D eigenvalue weighted by Crippen LogP contribution is -2.33. The van der Waals surface area contributed by atoms with Crippen molar-refractivity contribution in [1.82, 2.24) is 0 Å². The van der Waals surface area contributed by atoms with Gasteiger partial charge in [-0.2, -0.15) is 12.6 Å². The van der Waals surface area contributed by atoms with Crippen LogP contribution in [0.4, 0.5) is 0 Å². The van der Waals surface area contributed by atoms with Gasteiger partial charge in [0.05, 0.1) is 12.2 Å². The van der Waals surface area contributed by atoms with Crippen LogP contribution in [0.2, 0.25) is 0 Å². The summed E-state index contributed by atoms with van der Waals surface area (Å²) in [5.74, 6) is 0. The smallest absolute Gasteiger partial charge is 0.0881 e. The maximum atomic E-state index is 9.07. The first-order chi connectivity index (χ1) is 5.83. The Morgan fingerprint density at radius 3 is 2.15 bits per heavy atom. The SMILES string of the molecule is CCC(C)(CO)OCCC(C)(C)S. The highest BCUT2D eigenvalue weighted by molar-refractivity contribution is 7.81. The second-order valence-electron chi connectivity index (χ2n) is 4.37. The summed E-state index contributed by atoms with van der Waals surface area (Å²) in [6, 6.07) is 0. The molecule has 1 N–H and O–H groups in total. The highest BCUT2D eigenvalue weighted by Crippen LogP contribution is 2.20. The first-order valence-corrected chi connectivity index (χ1v) is 5.25. The van der Waals surface area contributed by atoms with E-state index in [-0.39, 0.29) is 17.0 Å². The van der Waals surface area contributed by atoms with Gasteiger partial charge in [-0.05, 0) is 19.8 Å². The van der Waals surface area contributed by atoms with Crippen LogP contribution in [0, 0.1) is 0 Å². The highest BCUT2D eigenvalue weighted by atomic mass is 32.1. The number of ether oxygens (including phenoxy) is 1. The van der Waals surface area contributed by atoms with E-state index in [2.05, 4.69) is 26.5 Å². The van der Waals surface area contributed by atoms with Crippen molar-refractivity contribution >= 4 is 12.6 Å². The number of hydrogen-bond acceptors (Lipinski definition) is 3. The van der Waals surface area contributed by atoms with Gasteiger partial charge in [-0.15, -0.1) is 0 Å². The molecule has 0 saturated carbocycles. The second-order valence-corrected chi connectivity index (χ2v) is 5.58. The van der Waals surface area contributed by atoms with Gasteiger partial charge in [-0.3, -0.25) is 0 Å². The van der Waals surface area contributed by atoms with Crippen LogP contribution >= 0.6 is 12.6 Å². The van der Waals surface area contributed by atoms with E-state index in [0.717, 1.165) is 12.8 Å². The van der Waals surface area contributed by atoms with Gasteiger partial charge in [0.2, 0.25) is 0 Å². The molecule has 0 rings (SSSR count). The molecule has 0 bridgehead atoms. The lowest BCUT2D eigenvalue weighted by molar-refractivity contribution is -0.0709. The summed E-state index contributed by atoms with van der Waals surface area (Å²) in [6.07, 6.45) is 1.72. The van der Waals surface area contributed by atoms with Gasteiger partial charge in [0.1, 0.15) is 0 Å². The van der Waals surface area contributed by atoms with Crippen molar-refractivity contribution in [2.24, 2.45) is 0 Å². The molecule has 0 aliphatic heterocycles. The highest BCUT2D eigenvalue weighted by Gasteiger charge is 2.22. The van der Waals surface area contributed by atoms with Gasteiger partial charge < -0.3 is 9.84 Å². The number of aliphatic hydroxyl groups excluding tert-OH is 1. The summed E-state index contributed by atoms with van der Waals surface area (Å²) < 4.78 is 5.61. The Kier molecular flexibility index (Phi) is 5.33. The van der Waals surface area contributed by atoms with E-state index in [1.54, 1.807) is 0 Å². The molecule has 0 radical (unpaired) electrons. The maximum Gasteiger partial charge on any atom is 0.0881 e. The Labute approximate surface area is 87.1 Å². The van der Waals surface area contributed by atoms with Crippen LogP contribution in [-0.2, 0) is 4.74 Å². The summed E-state index contributed by atoms with van der Waals surface area (Å²) in [6.45, 7) is 8.79. The molecule has 2 nitrogen and oxygen atoms in total. The zero-order valence-electron chi connectivity index (χ0n) is 9.13. The quantitative estimate of drug-likeness (QED) is 0.653. The van der Waals surface area contributed by atoms with E-state index in [1.165, 1.54) is 0 Å². The van der Waals surface area contributed by atoms with Crippen molar-refractivity contribution in [2.45, 2.75) is 50.9 Å². The molecule has 0 aliphatic carbocycles. The van der Waals surface area contributed by atoms with E-state index in [4.69, 9.17) is 9.84 Å². The fourth-order valence-electron chi connectivity index (χ4n) is 0.807. The largest absolute Gasteiger partial charge is 0.393 e. The number of aliphatic hydroxyl groups is 1. The molecular weight excluding hydrogens is 184 g/mol. The van der Waals surface area contributed by atoms with Gasteiger partial charge in [0.25, 0.3) is 0 Å². The summed E-state index contributed by atoms with van der Waals surface area (Å²) in [4.78, 5) is 0. The molecule has 80 valence electrons. The molecule has 0 aromatic carbocycles. The molecule has 0 saturated heterocycles. The maximum absolute atomic E-state index is 9.07. The van der Waals surface area contributed by atoms with Gasteiger partial charge in [0.15, 0.2) is 0 Å². The van der Waals surface area contributed by atoms with Crippen molar-refractivity contribution in [1.29, 1.82) is 0 Å². The molecule has 0 aromatic heterocycles. The molecule has 0 aliphatic rings. The second kappa shape index (κ2) is 5.23. The number of rotatable bonds is 6. The predicted molar refractivity (Wildman–Crippen MR) is 59.4 cm³/mol. The van der Waals surface area contributed by atoms with Crippen LogP contribution in [0.15, 0.2) is 0 Å².